The molecule has 0 aliphatic rings. The molecular weight excluding hydrogens is 326 g/mol. The van der Waals surface area contributed by atoms with Crippen molar-refractivity contribution in [1.29, 1.82) is 0 Å². The maximum absolute atomic E-state index is 12.5. The lowest BCUT2D eigenvalue weighted by Gasteiger charge is -2.14. The molecule has 0 atom stereocenters. The van der Waals surface area contributed by atoms with Crippen LogP contribution in [-0.2, 0) is 20.1 Å². The molecule has 0 fully saturated rings. The van der Waals surface area contributed by atoms with Crippen LogP contribution in [0.4, 0.5) is 0 Å². The predicted octanol–water partition coefficient (Wildman–Crippen LogP) is 2.59. The molecule has 7 heteroatoms. The molecule has 24 heavy (non-hydrogen) atoms. The topological polar surface area (TPSA) is 56.0 Å². The van der Waals surface area contributed by atoms with Crippen molar-refractivity contribution in [3.05, 3.63) is 70.8 Å². The van der Waals surface area contributed by atoms with E-state index in [0.717, 1.165) is 11.1 Å². The number of hydrogen-bond donors (Lipinski definition) is 0. The third-order valence-corrected chi connectivity index (χ3v) is 4.06. The maximum atomic E-state index is 12.5. The van der Waals surface area contributed by atoms with Crippen LogP contribution in [0.25, 0.3) is 0 Å². The van der Waals surface area contributed by atoms with Gasteiger partial charge in [-0.05, 0) is 11.6 Å². The smallest absolute Gasteiger partial charge is 0.257 e. The summed E-state index contributed by atoms with van der Waals surface area (Å²) < 4.78 is 3.43. The van der Waals surface area contributed by atoms with Gasteiger partial charge in [0.05, 0.1) is 24.5 Å². The Bertz CT molecular complexity index is 854. The monoisotopic (exact) mass is 343 g/mol. The van der Waals surface area contributed by atoms with Crippen LogP contribution in [0.5, 0.6) is 0 Å². The average molecular weight is 344 g/mol. The molecular formula is C17H18ClN5O. The Kier molecular flexibility index (Phi) is 4.66. The van der Waals surface area contributed by atoms with E-state index in [-0.39, 0.29) is 5.91 Å². The zero-order chi connectivity index (χ0) is 17.1. The third kappa shape index (κ3) is 3.65. The number of nitrogens with zero attached hydrogens (tertiary/aromatic N) is 5. The fourth-order valence-corrected chi connectivity index (χ4v) is 2.68. The molecule has 0 aliphatic heterocycles. The molecule has 0 aliphatic carbocycles. The molecule has 6 nitrogen and oxygen atoms in total. The van der Waals surface area contributed by atoms with E-state index in [2.05, 4.69) is 10.2 Å². The van der Waals surface area contributed by atoms with E-state index in [1.807, 2.05) is 37.5 Å². The second-order valence-corrected chi connectivity index (χ2v) is 6.11. The minimum atomic E-state index is -0.0794. The van der Waals surface area contributed by atoms with Crippen molar-refractivity contribution >= 4 is 17.5 Å². The summed E-state index contributed by atoms with van der Waals surface area (Å²) in [6.45, 7) is 1.03. The number of halogens is 1. The molecule has 1 amide bonds. The first kappa shape index (κ1) is 16.3. The van der Waals surface area contributed by atoms with Gasteiger partial charge in [0, 0.05) is 43.6 Å². The van der Waals surface area contributed by atoms with Crippen molar-refractivity contribution in [2.24, 2.45) is 7.05 Å². The summed E-state index contributed by atoms with van der Waals surface area (Å²) in [7, 11) is 3.62. The van der Waals surface area contributed by atoms with E-state index in [1.54, 1.807) is 39.9 Å². The summed E-state index contributed by atoms with van der Waals surface area (Å²) >= 11 is 6.16. The van der Waals surface area contributed by atoms with Crippen molar-refractivity contribution in [1.82, 2.24) is 24.5 Å². The Hall–Kier alpha value is -2.60. The van der Waals surface area contributed by atoms with Gasteiger partial charge in [-0.25, -0.2) is 0 Å². The minimum absolute atomic E-state index is 0.0794. The molecule has 0 radical (unpaired) electrons. The van der Waals surface area contributed by atoms with Gasteiger partial charge in [0.15, 0.2) is 0 Å². The van der Waals surface area contributed by atoms with E-state index in [0.29, 0.717) is 23.7 Å². The Balaban J connectivity index is 1.68. The molecule has 2 heterocycles. The van der Waals surface area contributed by atoms with Crippen LogP contribution in [0.3, 0.4) is 0 Å². The van der Waals surface area contributed by atoms with E-state index < -0.39 is 0 Å². The zero-order valence-electron chi connectivity index (χ0n) is 13.6. The van der Waals surface area contributed by atoms with Crippen molar-refractivity contribution in [2.45, 2.75) is 13.1 Å². The number of carbonyl (C=O) groups is 1. The average Bonchev–Trinajstić information content (AvgIpc) is 3.18. The van der Waals surface area contributed by atoms with Crippen LogP contribution in [0.15, 0.2) is 49.1 Å². The lowest BCUT2D eigenvalue weighted by molar-refractivity contribution is 0.0785. The molecule has 1 aromatic carbocycles. The van der Waals surface area contributed by atoms with Crippen LogP contribution in [0.1, 0.15) is 21.5 Å². The molecule has 0 saturated carbocycles. The Morgan fingerprint density at radius 2 is 2.00 bits per heavy atom. The SMILES string of the molecule is CN(Cc1cnn(C)c1)C(=O)c1cnn(Cc2ccccc2Cl)c1. The summed E-state index contributed by atoms with van der Waals surface area (Å²) in [4.78, 5) is 14.2. The van der Waals surface area contributed by atoms with Gasteiger partial charge in [-0.1, -0.05) is 29.8 Å². The van der Waals surface area contributed by atoms with Crippen molar-refractivity contribution in [3.63, 3.8) is 0 Å². The normalized spacial score (nSPS) is 10.8. The highest BCUT2D eigenvalue weighted by Crippen LogP contribution is 2.16. The molecule has 0 unspecified atom stereocenters. The number of amides is 1. The van der Waals surface area contributed by atoms with E-state index >= 15 is 0 Å². The van der Waals surface area contributed by atoms with Crippen molar-refractivity contribution in [3.8, 4) is 0 Å². The lowest BCUT2D eigenvalue weighted by atomic mass is 10.2. The van der Waals surface area contributed by atoms with Gasteiger partial charge in [-0.15, -0.1) is 0 Å². The molecule has 0 bridgehead atoms. The Morgan fingerprint density at radius 3 is 2.71 bits per heavy atom. The summed E-state index contributed by atoms with van der Waals surface area (Å²) in [5.41, 5.74) is 2.50. The predicted molar refractivity (Wildman–Crippen MR) is 91.8 cm³/mol. The first-order valence-electron chi connectivity index (χ1n) is 7.52. The number of hydrogen-bond acceptors (Lipinski definition) is 3. The first-order valence-corrected chi connectivity index (χ1v) is 7.89. The Morgan fingerprint density at radius 1 is 1.21 bits per heavy atom. The summed E-state index contributed by atoms with van der Waals surface area (Å²) in [5, 5.41) is 9.06. The van der Waals surface area contributed by atoms with Crippen LogP contribution >= 0.6 is 11.6 Å². The second-order valence-electron chi connectivity index (χ2n) is 5.70. The van der Waals surface area contributed by atoms with Crippen LogP contribution in [0, 0.1) is 0 Å². The van der Waals surface area contributed by atoms with Gasteiger partial charge in [-0.3, -0.25) is 14.2 Å². The molecule has 0 spiro atoms. The summed E-state index contributed by atoms with van der Waals surface area (Å²) in [6, 6.07) is 7.60. The highest BCUT2D eigenvalue weighted by Gasteiger charge is 2.15. The summed E-state index contributed by atoms with van der Waals surface area (Å²) in [6.07, 6.45) is 6.97. The minimum Gasteiger partial charge on any atom is -0.337 e. The third-order valence-electron chi connectivity index (χ3n) is 3.70. The Labute approximate surface area is 145 Å². The fraction of sp³-hybridized carbons (Fsp3) is 0.235. The largest absolute Gasteiger partial charge is 0.337 e. The van der Waals surface area contributed by atoms with E-state index in [9.17, 15) is 4.79 Å². The second kappa shape index (κ2) is 6.88. The van der Waals surface area contributed by atoms with Gasteiger partial charge >= 0.3 is 0 Å². The lowest BCUT2D eigenvalue weighted by Crippen LogP contribution is -2.25. The van der Waals surface area contributed by atoms with Gasteiger partial charge in [0.25, 0.3) is 5.91 Å². The molecule has 0 saturated heterocycles. The number of benzene rings is 1. The molecule has 0 N–H and O–H groups in total. The number of carbonyl (C=O) groups excluding carboxylic acids is 1. The van der Waals surface area contributed by atoms with Crippen LogP contribution in [0.2, 0.25) is 5.02 Å². The van der Waals surface area contributed by atoms with E-state index in [1.165, 1.54) is 0 Å². The van der Waals surface area contributed by atoms with Crippen molar-refractivity contribution < 1.29 is 4.79 Å². The highest BCUT2D eigenvalue weighted by atomic mass is 35.5. The quantitative estimate of drug-likeness (QED) is 0.715. The molecule has 124 valence electrons. The summed E-state index contributed by atoms with van der Waals surface area (Å²) in [5.74, 6) is -0.0794. The molecule has 3 aromatic rings. The molecule has 2 aromatic heterocycles. The number of rotatable bonds is 5. The molecule has 3 rings (SSSR count). The van der Waals surface area contributed by atoms with Gasteiger partial charge in [0.2, 0.25) is 0 Å². The maximum Gasteiger partial charge on any atom is 0.257 e. The van der Waals surface area contributed by atoms with E-state index in [4.69, 9.17) is 11.6 Å². The first-order chi connectivity index (χ1) is 11.5. The fourth-order valence-electron chi connectivity index (χ4n) is 2.48. The zero-order valence-corrected chi connectivity index (χ0v) is 14.3. The highest BCUT2D eigenvalue weighted by molar-refractivity contribution is 6.31. The van der Waals surface area contributed by atoms with Crippen LogP contribution in [-0.4, -0.2) is 37.4 Å². The standard InChI is InChI=1S/C17H18ClN5O/c1-21(9-13-7-19-22(2)10-13)17(24)15-8-20-23(12-15)11-14-5-3-4-6-16(14)18/h3-8,10,12H,9,11H2,1-2H3. The van der Waals surface area contributed by atoms with Gasteiger partial charge < -0.3 is 4.90 Å². The number of aryl methyl sites for hydroxylation is 1. The van der Waals surface area contributed by atoms with Gasteiger partial charge in [0.1, 0.15) is 0 Å². The van der Waals surface area contributed by atoms with Crippen LogP contribution < -0.4 is 0 Å². The number of aromatic nitrogens is 4. The van der Waals surface area contributed by atoms with Crippen molar-refractivity contribution in [2.75, 3.05) is 7.05 Å². The van der Waals surface area contributed by atoms with Gasteiger partial charge in [-0.2, -0.15) is 10.2 Å².